The fraction of sp³-hybridized carbons (Fsp3) is 0.300. The van der Waals surface area contributed by atoms with Crippen LogP contribution in [0.15, 0.2) is 47.4 Å². The van der Waals surface area contributed by atoms with E-state index < -0.39 is 14.7 Å². The van der Waals surface area contributed by atoms with Gasteiger partial charge >= 0.3 is 0 Å². The molecule has 2 heterocycles. The van der Waals surface area contributed by atoms with Gasteiger partial charge < -0.3 is 5.32 Å². The lowest BCUT2D eigenvalue weighted by molar-refractivity contribution is -0.121. The summed E-state index contributed by atoms with van der Waals surface area (Å²) in [5.74, 6) is -0.410. The molecule has 2 aliphatic rings. The highest BCUT2D eigenvalue weighted by atomic mass is 32.2. The van der Waals surface area contributed by atoms with Crippen LogP contribution in [0.5, 0.6) is 0 Å². The number of nitrogens with one attached hydrogen (secondary N) is 1. The molecule has 6 nitrogen and oxygen atoms in total. The number of thioether (sulfide) groups is 1. The molecule has 0 aromatic heterocycles. The molecule has 146 valence electrons. The summed E-state index contributed by atoms with van der Waals surface area (Å²) in [6, 6.07) is 12.8. The molecule has 1 atom stereocenters. The number of carbonyl (C=O) groups excluding carboxylic acids is 2. The fourth-order valence-corrected chi connectivity index (χ4v) is 6.07. The van der Waals surface area contributed by atoms with E-state index in [-0.39, 0.29) is 17.6 Å². The van der Waals surface area contributed by atoms with E-state index in [0.717, 1.165) is 10.6 Å². The summed E-state index contributed by atoms with van der Waals surface area (Å²) in [6.07, 6.45) is 1.94. The van der Waals surface area contributed by atoms with Crippen molar-refractivity contribution in [3.8, 4) is 0 Å². The van der Waals surface area contributed by atoms with E-state index in [4.69, 9.17) is 0 Å². The Kier molecular flexibility index (Phi) is 4.50. The quantitative estimate of drug-likeness (QED) is 0.828. The van der Waals surface area contributed by atoms with Crippen LogP contribution in [0.4, 0.5) is 11.4 Å². The van der Waals surface area contributed by atoms with Crippen LogP contribution in [0.1, 0.15) is 24.0 Å². The van der Waals surface area contributed by atoms with Crippen LogP contribution in [-0.4, -0.2) is 31.4 Å². The van der Waals surface area contributed by atoms with Crippen molar-refractivity contribution in [3.63, 3.8) is 0 Å². The van der Waals surface area contributed by atoms with Gasteiger partial charge in [0.25, 0.3) is 5.91 Å². The molecule has 1 unspecified atom stereocenters. The largest absolute Gasteiger partial charge is 0.323 e. The van der Waals surface area contributed by atoms with Crippen molar-refractivity contribution in [1.29, 1.82) is 0 Å². The third-order valence-electron chi connectivity index (χ3n) is 5.14. The van der Waals surface area contributed by atoms with Gasteiger partial charge in [0, 0.05) is 23.3 Å². The molecule has 1 N–H and O–H groups in total. The highest BCUT2D eigenvalue weighted by molar-refractivity contribution is 8.02. The van der Waals surface area contributed by atoms with Crippen LogP contribution in [-0.2, 0) is 25.2 Å². The minimum Gasteiger partial charge on any atom is -0.323 e. The molecular weight excluding hydrogens is 396 g/mol. The second-order valence-corrected chi connectivity index (χ2v) is 10.7. The Labute approximate surface area is 168 Å². The molecule has 8 heteroatoms. The molecule has 2 aliphatic heterocycles. The third-order valence-corrected chi connectivity index (χ3v) is 7.45. The standard InChI is InChI=1S/C20H20N2O4S2/c1-13-14(12-28(2,25)26)6-5-7-15(13)21-19(24)20-11-10-18(23)22(20)16-8-3-4-9-17(16)27-20/h3-9H,10-12H2,1-2H3,(H,21,24). The van der Waals surface area contributed by atoms with E-state index in [9.17, 15) is 18.0 Å². The highest BCUT2D eigenvalue weighted by Gasteiger charge is 2.57. The van der Waals surface area contributed by atoms with E-state index in [1.165, 1.54) is 18.0 Å². The monoisotopic (exact) mass is 416 g/mol. The van der Waals surface area contributed by atoms with Gasteiger partial charge in [-0.1, -0.05) is 36.0 Å². The number of nitrogens with zero attached hydrogens (tertiary/aromatic N) is 1. The average Bonchev–Trinajstić information content (AvgIpc) is 3.13. The number of anilines is 2. The first-order chi connectivity index (χ1) is 13.2. The number of sulfone groups is 1. The van der Waals surface area contributed by atoms with E-state index in [1.54, 1.807) is 30.0 Å². The molecule has 2 aromatic carbocycles. The summed E-state index contributed by atoms with van der Waals surface area (Å²) in [5.41, 5.74) is 2.71. The maximum Gasteiger partial charge on any atom is 0.261 e. The number of hydrogen-bond acceptors (Lipinski definition) is 5. The average molecular weight is 417 g/mol. The first-order valence-electron chi connectivity index (χ1n) is 8.90. The molecule has 0 saturated carbocycles. The first-order valence-corrected chi connectivity index (χ1v) is 11.8. The van der Waals surface area contributed by atoms with Crippen molar-refractivity contribution in [2.24, 2.45) is 0 Å². The predicted molar refractivity (Wildman–Crippen MR) is 110 cm³/mol. The lowest BCUT2D eigenvalue weighted by Gasteiger charge is -2.30. The number of para-hydroxylation sites is 1. The zero-order chi connectivity index (χ0) is 20.1. The van der Waals surface area contributed by atoms with Gasteiger partial charge in [0.2, 0.25) is 5.91 Å². The molecule has 4 rings (SSSR count). The van der Waals surface area contributed by atoms with Gasteiger partial charge in [-0.25, -0.2) is 8.42 Å². The summed E-state index contributed by atoms with van der Waals surface area (Å²) >= 11 is 1.40. The number of amides is 2. The van der Waals surface area contributed by atoms with Gasteiger partial charge in [0.15, 0.2) is 14.7 Å². The molecule has 0 radical (unpaired) electrons. The van der Waals surface area contributed by atoms with Crippen LogP contribution >= 0.6 is 11.8 Å². The van der Waals surface area contributed by atoms with E-state index >= 15 is 0 Å². The van der Waals surface area contributed by atoms with Crippen molar-refractivity contribution >= 4 is 44.8 Å². The smallest absolute Gasteiger partial charge is 0.261 e. The SMILES string of the molecule is Cc1c(CS(C)(=O)=O)cccc1NC(=O)C12CCC(=O)N1c1ccccc1S2. The van der Waals surface area contributed by atoms with E-state index in [1.807, 2.05) is 24.3 Å². The van der Waals surface area contributed by atoms with Crippen LogP contribution in [0.3, 0.4) is 0 Å². The Bertz CT molecular complexity index is 1100. The lowest BCUT2D eigenvalue weighted by atomic mass is 10.1. The molecule has 0 aliphatic carbocycles. The van der Waals surface area contributed by atoms with Crippen LogP contribution < -0.4 is 10.2 Å². The normalized spacial score (nSPS) is 20.8. The van der Waals surface area contributed by atoms with Crippen molar-refractivity contribution in [2.75, 3.05) is 16.5 Å². The Morgan fingerprint density at radius 2 is 1.96 bits per heavy atom. The van der Waals surface area contributed by atoms with Crippen LogP contribution in [0, 0.1) is 6.92 Å². The summed E-state index contributed by atoms with van der Waals surface area (Å²) in [7, 11) is -3.19. The van der Waals surface area contributed by atoms with Gasteiger partial charge in [0.05, 0.1) is 11.4 Å². The van der Waals surface area contributed by atoms with Gasteiger partial charge in [-0.15, -0.1) is 0 Å². The van der Waals surface area contributed by atoms with Gasteiger partial charge in [-0.3, -0.25) is 14.5 Å². The lowest BCUT2D eigenvalue weighted by Crippen LogP contribution is -2.49. The third kappa shape index (κ3) is 3.10. The van der Waals surface area contributed by atoms with E-state index in [0.29, 0.717) is 29.7 Å². The molecule has 2 amide bonds. The number of rotatable bonds is 4. The highest BCUT2D eigenvalue weighted by Crippen LogP contribution is 2.56. The number of carbonyl (C=O) groups is 2. The molecule has 1 saturated heterocycles. The van der Waals surface area contributed by atoms with Crippen molar-refractivity contribution < 1.29 is 18.0 Å². The Morgan fingerprint density at radius 3 is 2.71 bits per heavy atom. The number of fused-ring (bicyclic) bond motifs is 3. The van der Waals surface area contributed by atoms with Crippen molar-refractivity contribution in [1.82, 2.24) is 0 Å². The second kappa shape index (κ2) is 6.63. The maximum atomic E-state index is 13.3. The number of hydrogen-bond donors (Lipinski definition) is 1. The summed E-state index contributed by atoms with van der Waals surface area (Å²) in [5, 5.41) is 2.95. The van der Waals surface area contributed by atoms with Crippen molar-refractivity contribution in [3.05, 3.63) is 53.6 Å². The Balaban J connectivity index is 1.66. The summed E-state index contributed by atoms with van der Waals surface area (Å²) in [6.45, 7) is 1.79. The summed E-state index contributed by atoms with van der Waals surface area (Å²) < 4.78 is 23.3. The minimum absolute atomic E-state index is 0.0600. The predicted octanol–water partition coefficient (Wildman–Crippen LogP) is 3.11. The Hall–Kier alpha value is -2.32. The van der Waals surface area contributed by atoms with Crippen LogP contribution in [0.2, 0.25) is 0 Å². The molecule has 0 bridgehead atoms. The molecule has 0 spiro atoms. The van der Waals surface area contributed by atoms with Gasteiger partial charge in [-0.2, -0.15) is 0 Å². The topological polar surface area (TPSA) is 83.5 Å². The van der Waals surface area contributed by atoms with Gasteiger partial charge in [-0.05, 0) is 42.7 Å². The van der Waals surface area contributed by atoms with E-state index in [2.05, 4.69) is 5.32 Å². The Morgan fingerprint density at radius 1 is 1.21 bits per heavy atom. The molecule has 28 heavy (non-hydrogen) atoms. The minimum atomic E-state index is -3.19. The second-order valence-electron chi connectivity index (χ2n) is 7.20. The van der Waals surface area contributed by atoms with Crippen molar-refractivity contribution in [2.45, 2.75) is 35.3 Å². The zero-order valence-electron chi connectivity index (χ0n) is 15.6. The first kappa shape index (κ1) is 19.0. The summed E-state index contributed by atoms with van der Waals surface area (Å²) in [4.78, 5) is 27.4. The molecule has 1 fully saturated rings. The number of benzene rings is 2. The molecule has 2 aromatic rings. The fourth-order valence-electron chi connectivity index (χ4n) is 3.78. The maximum absolute atomic E-state index is 13.3. The zero-order valence-corrected chi connectivity index (χ0v) is 17.2. The molecular formula is C20H20N2O4S2. The van der Waals surface area contributed by atoms with Crippen LogP contribution in [0.25, 0.3) is 0 Å². The van der Waals surface area contributed by atoms with Gasteiger partial charge in [0.1, 0.15) is 0 Å².